The van der Waals surface area contributed by atoms with Gasteiger partial charge in [0.2, 0.25) is 35.4 Å². The van der Waals surface area contributed by atoms with Crippen LogP contribution in [0.4, 0.5) is 0 Å². The zero-order valence-electron chi connectivity index (χ0n) is 72.7. The predicted molar refractivity (Wildman–Crippen MR) is 461 cm³/mol. The summed E-state index contributed by atoms with van der Waals surface area (Å²) in [6.45, 7) is 25.5. The molecule has 0 radical (unpaired) electrons. The second-order valence-electron chi connectivity index (χ2n) is 33.7. The van der Waals surface area contributed by atoms with Crippen LogP contribution in [0.25, 0.3) is 0 Å². The van der Waals surface area contributed by atoms with Gasteiger partial charge >= 0.3 is 0 Å². The molecule has 0 aromatic heterocycles. The van der Waals surface area contributed by atoms with E-state index in [9.17, 15) is 28.8 Å². The summed E-state index contributed by atoms with van der Waals surface area (Å²) in [7, 11) is 0. The number of unbranched alkanes of at least 4 members (excludes halogenated alkanes) is 46. The van der Waals surface area contributed by atoms with Crippen molar-refractivity contribution in [2.24, 2.45) is 5.41 Å². The Hall–Kier alpha value is -3.26. The monoisotopic (exact) mass is 1510 g/mol. The molecule has 0 saturated heterocycles. The van der Waals surface area contributed by atoms with Crippen LogP contribution in [0.1, 0.15) is 479 Å². The molecule has 0 aromatic rings. The van der Waals surface area contributed by atoms with Gasteiger partial charge in [-0.15, -0.1) is 0 Å². The molecule has 14 heteroatoms. The lowest BCUT2D eigenvalue weighted by Gasteiger charge is -2.26. The van der Waals surface area contributed by atoms with Crippen molar-refractivity contribution in [1.29, 1.82) is 0 Å². The third kappa shape index (κ3) is 74.0. The van der Waals surface area contributed by atoms with Crippen LogP contribution in [-0.4, -0.2) is 123 Å². The molecule has 0 heterocycles. The average molecular weight is 1510 g/mol. The highest BCUT2D eigenvalue weighted by molar-refractivity contribution is 5.83. The molecule has 0 aliphatic heterocycles. The van der Waals surface area contributed by atoms with Crippen molar-refractivity contribution in [2.75, 3.05) is 65.4 Å². The summed E-state index contributed by atoms with van der Waals surface area (Å²) in [6, 6.07) is 0.619. The summed E-state index contributed by atoms with van der Waals surface area (Å²) in [5.41, 5.74) is -0.427. The van der Waals surface area contributed by atoms with Crippen LogP contribution in [0.15, 0.2) is 0 Å². The van der Waals surface area contributed by atoms with Gasteiger partial charge in [-0.2, -0.15) is 0 Å². The van der Waals surface area contributed by atoms with E-state index in [1.807, 2.05) is 0 Å². The van der Waals surface area contributed by atoms with Crippen LogP contribution in [0.5, 0.6) is 0 Å². The van der Waals surface area contributed by atoms with Gasteiger partial charge in [-0.25, -0.2) is 0 Å². The van der Waals surface area contributed by atoms with E-state index in [1.54, 1.807) is 0 Å². The first-order valence-electron chi connectivity index (χ1n) is 47.4. The summed E-state index contributed by atoms with van der Waals surface area (Å²) in [5.74, 6) is 0.575. The predicted octanol–water partition coefficient (Wildman–Crippen LogP) is 23.9. The van der Waals surface area contributed by atoms with E-state index in [2.05, 4.69) is 97.1 Å². The smallest absolute Gasteiger partial charge is 0.225 e. The minimum atomic E-state index is -0.427. The Balaban J connectivity index is 5.48. The molecule has 0 rings (SSSR count). The summed E-state index contributed by atoms with van der Waals surface area (Å²) in [5, 5.41) is 19.6. The van der Waals surface area contributed by atoms with Crippen LogP contribution < -0.4 is 31.9 Å². The molecule has 0 fully saturated rings. The van der Waals surface area contributed by atoms with Crippen LogP contribution in [0, 0.1) is 5.41 Å². The van der Waals surface area contributed by atoms with Gasteiger partial charge in [0.1, 0.15) is 0 Å². The minimum Gasteiger partial charge on any atom is -0.356 e. The van der Waals surface area contributed by atoms with Gasteiger partial charge in [-0.1, -0.05) is 357 Å². The molecule has 0 aromatic carbocycles. The van der Waals surface area contributed by atoms with E-state index in [0.717, 1.165) is 194 Å². The van der Waals surface area contributed by atoms with Gasteiger partial charge < -0.3 is 41.7 Å². The van der Waals surface area contributed by atoms with Gasteiger partial charge in [0.25, 0.3) is 0 Å². The van der Waals surface area contributed by atoms with Crippen molar-refractivity contribution >= 4 is 35.4 Å². The minimum absolute atomic E-state index is 0.100. The molecule has 0 aliphatic rings. The van der Waals surface area contributed by atoms with Gasteiger partial charge in [0.15, 0.2) is 0 Å². The highest BCUT2D eigenvalue weighted by Crippen LogP contribution is 2.25. The summed E-state index contributed by atoms with van der Waals surface area (Å²) in [6.07, 6.45) is 74.9. The highest BCUT2D eigenvalue weighted by Gasteiger charge is 2.27. The quantitative estimate of drug-likeness (QED) is 0.0326. The first-order chi connectivity index (χ1) is 52.2. The summed E-state index contributed by atoms with van der Waals surface area (Å²) in [4.78, 5) is 84.1. The third-order valence-corrected chi connectivity index (χ3v) is 22.6. The fourth-order valence-corrected chi connectivity index (χ4v) is 15.2. The molecule has 0 bridgehead atoms. The normalized spacial score (nSPS) is 12.0. The van der Waals surface area contributed by atoms with E-state index in [4.69, 9.17) is 0 Å². The maximum Gasteiger partial charge on any atom is 0.225 e. The highest BCUT2D eigenvalue weighted by atomic mass is 16.2. The number of nitrogens with zero attached hydrogens (tertiary/aromatic N) is 2. The molecule has 14 nitrogen and oxygen atoms in total. The molecular weight excluding hydrogens is 1330 g/mol. The largest absolute Gasteiger partial charge is 0.356 e. The van der Waals surface area contributed by atoms with Gasteiger partial charge in [0, 0.05) is 88.9 Å². The molecule has 0 saturated carbocycles. The molecule has 1 unspecified atom stereocenters. The first-order valence-corrected chi connectivity index (χ1v) is 47.4. The number of hydrogen-bond acceptors (Lipinski definition) is 8. The maximum absolute atomic E-state index is 13.4. The Morgan fingerprint density at radius 2 is 0.467 bits per heavy atom. The Kier molecular flexibility index (Phi) is 78.3. The Labute approximate surface area is 664 Å². The van der Waals surface area contributed by atoms with Crippen molar-refractivity contribution in [3.05, 3.63) is 0 Å². The Bertz CT molecular complexity index is 1960. The average Bonchev–Trinajstić information content (AvgIpc) is 0.890. The lowest BCUT2D eigenvalue weighted by atomic mass is 9.86. The SMILES string of the molecule is CCCCCCCCCCCNC(=O)CCCCCN(CCCCCCCC(=O)NC(CCCCCCCC)CCCCCCCC)CCNC(=O)CCC(=O)NCCN(CCCCCCCC(=O)NC(CCCCCCC)CCCCCCCC)CCCCC(C)(C)C(=O)NCCCCCCCCCCC. The van der Waals surface area contributed by atoms with Crippen LogP contribution in [0.3, 0.4) is 0 Å². The van der Waals surface area contributed by atoms with Gasteiger partial charge in [-0.05, 0) is 116 Å². The first kappa shape index (κ1) is 104. The van der Waals surface area contributed by atoms with E-state index < -0.39 is 5.41 Å². The Morgan fingerprint density at radius 3 is 0.794 bits per heavy atom. The standard InChI is InChI=1S/C93H184N8O6/c1-9-15-21-27-32-34-36-46-59-75-94-87(102)69-57-50-63-81-100(79-61-48-38-44-55-71-91(106)99-86(67-53-42-30-24-18-12-4)68-54-43-31-25-19-13-5)83-77-95-88(103)72-73-89(104)96-78-84-101(82-64-58-74-93(7,8)92(107)97-76-60-47-37-35-33-28-22-16-10-2)80-62-49-39-45-56-70-90(105)98-85(65-51-40-26-20-14-6)66-52-41-29-23-17-11-3/h85-86H,9-84H2,1-8H3,(H,94,102)(H,95,103)(H,96,104)(H,97,107)(H,98,105)(H,99,106). The molecular formula is C93H184N8O6. The second kappa shape index (κ2) is 80.8. The fourth-order valence-electron chi connectivity index (χ4n) is 15.2. The molecule has 632 valence electrons. The van der Waals surface area contributed by atoms with Crippen molar-refractivity contribution in [1.82, 2.24) is 41.7 Å². The topological polar surface area (TPSA) is 181 Å². The zero-order chi connectivity index (χ0) is 78.3. The van der Waals surface area contributed by atoms with Crippen LogP contribution in [-0.2, 0) is 28.8 Å². The van der Waals surface area contributed by atoms with E-state index in [1.165, 1.54) is 250 Å². The lowest BCUT2D eigenvalue weighted by Crippen LogP contribution is -2.38. The molecule has 6 amide bonds. The number of amides is 6. The number of carbonyl (C=O) groups is 6. The number of carbonyl (C=O) groups excluding carboxylic acids is 6. The number of hydrogen-bond donors (Lipinski definition) is 6. The molecule has 0 aliphatic carbocycles. The van der Waals surface area contributed by atoms with Crippen molar-refractivity contribution in [3.63, 3.8) is 0 Å². The molecule has 107 heavy (non-hydrogen) atoms. The fraction of sp³-hybridized carbons (Fsp3) is 0.935. The van der Waals surface area contributed by atoms with E-state index in [0.29, 0.717) is 44.4 Å². The van der Waals surface area contributed by atoms with Crippen LogP contribution >= 0.6 is 0 Å². The van der Waals surface area contributed by atoms with Crippen molar-refractivity contribution in [2.45, 2.75) is 491 Å². The lowest BCUT2D eigenvalue weighted by molar-refractivity contribution is -0.130. The number of nitrogens with one attached hydrogen (secondary N) is 6. The molecule has 1 atom stereocenters. The summed E-state index contributed by atoms with van der Waals surface area (Å²) >= 11 is 0. The summed E-state index contributed by atoms with van der Waals surface area (Å²) < 4.78 is 0. The van der Waals surface area contributed by atoms with E-state index >= 15 is 0 Å². The van der Waals surface area contributed by atoms with Gasteiger partial charge in [-0.3, -0.25) is 28.8 Å². The van der Waals surface area contributed by atoms with E-state index in [-0.39, 0.29) is 48.3 Å². The molecule has 0 spiro atoms. The second-order valence-corrected chi connectivity index (χ2v) is 33.7. The Morgan fingerprint density at radius 1 is 0.234 bits per heavy atom. The molecule has 6 N–H and O–H groups in total. The number of rotatable bonds is 86. The zero-order valence-corrected chi connectivity index (χ0v) is 72.7. The third-order valence-electron chi connectivity index (χ3n) is 22.6. The van der Waals surface area contributed by atoms with Crippen LogP contribution in [0.2, 0.25) is 0 Å². The van der Waals surface area contributed by atoms with Crippen molar-refractivity contribution < 1.29 is 28.8 Å². The van der Waals surface area contributed by atoms with Crippen molar-refractivity contribution in [3.8, 4) is 0 Å². The van der Waals surface area contributed by atoms with Gasteiger partial charge in [0.05, 0.1) is 0 Å². The maximum atomic E-state index is 13.4.